The summed E-state index contributed by atoms with van der Waals surface area (Å²) in [6.45, 7) is 16.0. The third-order valence-electron chi connectivity index (χ3n) is 3.90. The number of carbonyl (C=O) groups excluding carboxylic acids is 1. The molecule has 0 bridgehead atoms. The summed E-state index contributed by atoms with van der Waals surface area (Å²) in [6.07, 6.45) is 7.91. The van der Waals surface area contributed by atoms with Crippen molar-refractivity contribution in [2.75, 3.05) is 0 Å². The SMILES string of the molecule is C=Cc1[nH]cc(C(C)C(NC(C)C)C(=O)C(C)C)c1/C=C\C. The van der Waals surface area contributed by atoms with Crippen LogP contribution in [-0.4, -0.2) is 22.9 Å². The first kappa shape index (κ1) is 18.4. The van der Waals surface area contributed by atoms with Crippen LogP contribution in [0.3, 0.4) is 0 Å². The van der Waals surface area contributed by atoms with E-state index in [4.69, 9.17) is 0 Å². The highest BCUT2D eigenvalue weighted by molar-refractivity contribution is 5.87. The van der Waals surface area contributed by atoms with Crippen LogP contribution in [0.2, 0.25) is 0 Å². The minimum atomic E-state index is -0.183. The summed E-state index contributed by atoms with van der Waals surface area (Å²) in [5.74, 6) is 0.365. The van der Waals surface area contributed by atoms with E-state index in [1.165, 1.54) is 0 Å². The zero-order valence-electron chi connectivity index (χ0n) is 14.7. The van der Waals surface area contributed by atoms with Crippen LogP contribution in [-0.2, 0) is 4.79 Å². The zero-order valence-corrected chi connectivity index (χ0v) is 14.7. The monoisotopic (exact) mass is 302 g/mol. The topological polar surface area (TPSA) is 44.9 Å². The number of aromatic amines is 1. The zero-order chi connectivity index (χ0) is 16.9. The highest BCUT2D eigenvalue weighted by Crippen LogP contribution is 2.29. The number of hydrogen-bond donors (Lipinski definition) is 2. The Morgan fingerprint density at radius 2 is 1.91 bits per heavy atom. The summed E-state index contributed by atoms with van der Waals surface area (Å²) >= 11 is 0. The van der Waals surface area contributed by atoms with Gasteiger partial charge in [0.25, 0.3) is 0 Å². The van der Waals surface area contributed by atoms with Crippen molar-refractivity contribution in [2.24, 2.45) is 5.92 Å². The Hall–Kier alpha value is -1.61. The summed E-state index contributed by atoms with van der Waals surface area (Å²) in [7, 11) is 0. The molecule has 0 aliphatic carbocycles. The van der Waals surface area contributed by atoms with Crippen molar-refractivity contribution in [3.63, 3.8) is 0 Å². The van der Waals surface area contributed by atoms with Crippen molar-refractivity contribution >= 4 is 17.9 Å². The Balaban J connectivity index is 3.23. The molecule has 1 rings (SSSR count). The van der Waals surface area contributed by atoms with E-state index >= 15 is 0 Å². The number of aromatic nitrogens is 1. The Kier molecular flexibility index (Phi) is 6.82. The fourth-order valence-electron chi connectivity index (χ4n) is 2.74. The predicted molar refractivity (Wildman–Crippen MR) is 95.9 cm³/mol. The van der Waals surface area contributed by atoms with Crippen molar-refractivity contribution in [1.82, 2.24) is 10.3 Å². The normalized spacial score (nSPS) is 14.7. The molecule has 2 unspecified atom stereocenters. The van der Waals surface area contributed by atoms with Crippen LogP contribution in [0.4, 0.5) is 0 Å². The highest BCUT2D eigenvalue weighted by Gasteiger charge is 2.30. The van der Waals surface area contributed by atoms with Crippen LogP contribution in [0.1, 0.15) is 64.3 Å². The van der Waals surface area contributed by atoms with Gasteiger partial charge in [0.05, 0.1) is 6.04 Å². The minimum Gasteiger partial charge on any atom is -0.361 e. The van der Waals surface area contributed by atoms with Gasteiger partial charge in [-0.2, -0.15) is 0 Å². The van der Waals surface area contributed by atoms with Crippen LogP contribution in [0, 0.1) is 5.92 Å². The lowest BCUT2D eigenvalue weighted by molar-refractivity contribution is -0.124. The van der Waals surface area contributed by atoms with Gasteiger partial charge in [-0.15, -0.1) is 0 Å². The molecule has 0 radical (unpaired) electrons. The van der Waals surface area contributed by atoms with Crippen LogP contribution in [0.25, 0.3) is 12.2 Å². The van der Waals surface area contributed by atoms with Gasteiger partial charge in [-0.25, -0.2) is 0 Å². The average Bonchev–Trinajstić information content (AvgIpc) is 2.86. The maximum atomic E-state index is 12.6. The van der Waals surface area contributed by atoms with Crippen LogP contribution in [0.15, 0.2) is 18.9 Å². The summed E-state index contributed by atoms with van der Waals surface area (Å²) in [5.41, 5.74) is 3.28. The van der Waals surface area contributed by atoms with E-state index in [9.17, 15) is 4.79 Å². The minimum absolute atomic E-state index is 0.0154. The molecular weight excluding hydrogens is 272 g/mol. The number of ketones is 1. The molecule has 22 heavy (non-hydrogen) atoms. The Bertz CT molecular complexity index is 538. The summed E-state index contributed by atoms with van der Waals surface area (Å²) < 4.78 is 0. The first-order chi connectivity index (χ1) is 10.3. The van der Waals surface area contributed by atoms with Crippen LogP contribution < -0.4 is 5.32 Å². The number of carbonyl (C=O) groups is 1. The first-order valence-corrected chi connectivity index (χ1v) is 8.09. The van der Waals surface area contributed by atoms with Gasteiger partial charge in [-0.1, -0.05) is 53.3 Å². The van der Waals surface area contributed by atoms with Crippen molar-refractivity contribution < 1.29 is 4.79 Å². The maximum Gasteiger partial charge on any atom is 0.152 e. The lowest BCUT2D eigenvalue weighted by atomic mass is 9.85. The highest BCUT2D eigenvalue weighted by atomic mass is 16.1. The molecule has 0 spiro atoms. The maximum absolute atomic E-state index is 12.6. The standard InChI is InChI=1S/C19H30N2O/c1-8-10-15-16(11-20-17(15)9-2)14(7)18(21-13(5)6)19(22)12(3)4/h8-14,18,20-21H,2H2,1,3-7H3/b10-8-. The number of nitrogens with one attached hydrogen (secondary N) is 2. The lowest BCUT2D eigenvalue weighted by Crippen LogP contribution is -2.46. The molecule has 2 atom stereocenters. The van der Waals surface area contributed by atoms with Gasteiger partial charge in [0.1, 0.15) is 0 Å². The number of allylic oxidation sites excluding steroid dienone is 1. The fourth-order valence-corrected chi connectivity index (χ4v) is 2.74. The number of hydrogen-bond acceptors (Lipinski definition) is 2. The molecule has 0 aliphatic heterocycles. The van der Waals surface area contributed by atoms with Gasteiger partial charge >= 0.3 is 0 Å². The molecule has 0 aromatic carbocycles. The largest absolute Gasteiger partial charge is 0.361 e. The average molecular weight is 302 g/mol. The second-order valence-corrected chi connectivity index (χ2v) is 6.42. The van der Waals surface area contributed by atoms with Gasteiger partial charge in [0.15, 0.2) is 5.78 Å². The molecule has 0 fully saturated rings. The van der Waals surface area contributed by atoms with Gasteiger partial charge in [-0.3, -0.25) is 4.79 Å². The molecule has 2 N–H and O–H groups in total. The molecule has 0 amide bonds. The van der Waals surface area contributed by atoms with Crippen molar-refractivity contribution in [3.05, 3.63) is 35.7 Å². The van der Waals surface area contributed by atoms with E-state index in [0.29, 0.717) is 0 Å². The van der Waals surface area contributed by atoms with Gasteiger partial charge in [0.2, 0.25) is 0 Å². The van der Waals surface area contributed by atoms with E-state index in [1.54, 1.807) is 0 Å². The number of H-pyrrole nitrogens is 1. The van der Waals surface area contributed by atoms with E-state index < -0.39 is 0 Å². The molecular formula is C19H30N2O. The summed E-state index contributed by atoms with van der Waals surface area (Å²) in [4.78, 5) is 15.9. The van der Waals surface area contributed by atoms with E-state index in [0.717, 1.165) is 16.8 Å². The Morgan fingerprint density at radius 1 is 1.27 bits per heavy atom. The van der Waals surface area contributed by atoms with Gasteiger partial charge in [0, 0.05) is 35.3 Å². The smallest absolute Gasteiger partial charge is 0.152 e. The number of rotatable bonds is 8. The first-order valence-electron chi connectivity index (χ1n) is 8.09. The predicted octanol–water partition coefficient (Wildman–Crippen LogP) is 4.39. The third-order valence-corrected chi connectivity index (χ3v) is 3.90. The Labute approximate surface area is 134 Å². The molecule has 3 heteroatoms. The van der Waals surface area contributed by atoms with Crippen LogP contribution >= 0.6 is 0 Å². The molecule has 1 aromatic heterocycles. The van der Waals surface area contributed by atoms with Crippen molar-refractivity contribution in [2.45, 2.75) is 59.5 Å². The number of Topliss-reactive ketones (excluding diaryl/α,β-unsaturated/α-hetero) is 1. The molecule has 0 saturated carbocycles. The molecule has 122 valence electrons. The quantitative estimate of drug-likeness (QED) is 0.748. The molecule has 0 aliphatic rings. The van der Waals surface area contributed by atoms with Gasteiger partial charge in [-0.05, 0) is 18.6 Å². The van der Waals surface area contributed by atoms with E-state index in [-0.39, 0.29) is 29.7 Å². The lowest BCUT2D eigenvalue weighted by Gasteiger charge is -2.28. The molecule has 0 saturated heterocycles. The fraction of sp³-hybridized carbons (Fsp3) is 0.526. The summed E-state index contributed by atoms with van der Waals surface area (Å²) in [5, 5.41) is 3.44. The van der Waals surface area contributed by atoms with Crippen LogP contribution in [0.5, 0.6) is 0 Å². The molecule has 1 aromatic rings. The van der Waals surface area contributed by atoms with Crippen molar-refractivity contribution in [3.8, 4) is 0 Å². The Morgan fingerprint density at radius 3 is 2.36 bits per heavy atom. The molecule has 3 nitrogen and oxygen atoms in total. The molecule has 1 heterocycles. The third kappa shape index (κ3) is 4.20. The van der Waals surface area contributed by atoms with E-state index in [2.05, 4.69) is 43.7 Å². The van der Waals surface area contributed by atoms with E-state index in [1.807, 2.05) is 39.1 Å². The second-order valence-electron chi connectivity index (χ2n) is 6.42. The summed E-state index contributed by atoms with van der Waals surface area (Å²) in [6, 6.07) is 0.0793. The van der Waals surface area contributed by atoms with Crippen molar-refractivity contribution in [1.29, 1.82) is 0 Å². The second kappa shape index (κ2) is 8.14. The van der Waals surface area contributed by atoms with Gasteiger partial charge < -0.3 is 10.3 Å².